The number of rotatable bonds is 12. The van der Waals surface area contributed by atoms with Crippen LogP contribution >= 0.6 is 10.3 Å². The van der Waals surface area contributed by atoms with E-state index in [1.54, 1.807) is 0 Å². The lowest BCUT2D eigenvalue weighted by Gasteiger charge is -2.40. The zero-order chi connectivity index (χ0) is 55.6. The standard InChI is InChI=1S/C50H18F20O5S/c1-17-9-8-14-20(15-17)76(18-10-4-2-5-11-18,19-12-6-3-7-13-19)75-50(71)21-16-22(72-47-39(65)33(59)30(56)34(60)40(47)66)45(73-48-41(67)35(61)31(57)36(62)42(48)68)46(74-49-43(69)37(63)32(58)38(64)44(49)70)23(21)24-25(51)27(53)29(55)28(54)26(24)52/h2-16H,1H3. The smallest absolute Gasteiger partial charge is 0.350 e. The van der Waals surface area contributed by atoms with Gasteiger partial charge < -0.3 is 18.4 Å². The average molecular weight is 1110 g/mol. The van der Waals surface area contributed by atoms with Gasteiger partial charge in [-0.1, -0.05) is 48.5 Å². The molecular formula is C50H18F20O5S. The van der Waals surface area contributed by atoms with Crippen LogP contribution in [-0.4, -0.2) is 5.97 Å². The Kier molecular flexibility index (Phi) is 14.4. The maximum absolute atomic E-state index is 16.5. The predicted octanol–water partition coefficient (Wildman–Crippen LogP) is 16.9. The summed E-state index contributed by atoms with van der Waals surface area (Å²) in [4.78, 5) is 15.3. The molecule has 0 saturated heterocycles. The fraction of sp³-hybridized carbons (Fsp3) is 0.0200. The van der Waals surface area contributed by atoms with Crippen LogP contribution in [0.5, 0.6) is 34.5 Å². The maximum Gasteiger partial charge on any atom is 0.350 e. The highest BCUT2D eigenvalue weighted by Crippen LogP contribution is 2.70. The number of hydrogen-bond acceptors (Lipinski definition) is 5. The average Bonchev–Trinajstić information content (AvgIpc) is 3.45. The molecule has 0 amide bonds. The molecule has 0 aromatic heterocycles. The lowest BCUT2D eigenvalue weighted by atomic mass is 9.95. The Morgan fingerprint density at radius 2 is 0.658 bits per heavy atom. The molecule has 0 bridgehead atoms. The summed E-state index contributed by atoms with van der Waals surface area (Å²) in [5.74, 6) is -79.5. The van der Waals surface area contributed by atoms with E-state index in [0.717, 1.165) is 0 Å². The van der Waals surface area contributed by atoms with Crippen LogP contribution in [0.4, 0.5) is 87.8 Å². The SMILES string of the molecule is Cc1cccc(S(OC(=O)c2cc(Oc3c(F)c(F)c(F)c(F)c3F)c(Oc3c(F)c(F)c(F)c(F)c3F)c(Oc3c(F)c(F)c(F)c(F)c3F)c2-c2c(F)c(F)c(F)c(F)c2F)(c2ccccc2)c2ccccc2)c1. The molecule has 0 aliphatic carbocycles. The number of halogens is 20. The van der Waals surface area contributed by atoms with Gasteiger partial charge in [0.05, 0.1) is 11.1 Å². The Morgan fingerprint density at radius 3 is 1.04 bits per heavy atom. The van der Waals surface area contributed by atoms with Gasteiger partial charge in [0, 0.05) is 26.3 Å². The van der Waals surface area contributed by atoms with Crippen LogP contribution in [0, 0.1) is 123 Å². The van der Waals surface area contributed by atoms with Crippen molar-refractivity contribution in [2.75, 3.05) is 0 Å². The fourth-order valence-corrected chi connectivity index (χ4v) is 10.3. The third kappa shape index (κ3) is 8.77. The van der Waals surface area contributed by atoms with Crippen molar-refractivity contribution < 1.29 is 111 Å². The fourth-order valence-electron chi connectivity index (χ4n) is 7.19. The zero-order valence-electron chi connectivity index (χ0n) is 36.7. The first-order valence-electron chi connectivity index (χ1n) is 20.4. The van der Waals surface area contributed by atoms with Crippen LogP contribution in [0.3, 0.4) is 0 Å². The summed E-state index contributed by atoms with van der Waals surface area (Å²) in [5, 5.41) is 0. The summed E-state index contributed by atoms with van der Waals surface area (Å²) >= 11 is 0. The van der Waals surface area contributed by atoms with E-state index in [-0.39, 0.29) is 20.8 Å². The van der Waals surface area contributed by atoms with Gasteiger partial charge in [0.15, 0.2) is 34.8 Å². The van der Waals surface area contributed by atoms with Crippen molar-refractivity contribution in [3.8, 4) is 45.6 Å². The van der Waals surface area contributed by atoms with E-state index in [1.807, 2.05) is 0 Å². The molecule has 0 spiro atoms. The molecule has 0 aliphatic heterocycles. The van der Waals surface area contributed by atoms with E-state index in [4.69, 9.17) is 18.4 Å². The van der Waals surface area contributed by atoms with Crippen molar-refractivity contribution in [2.45, 2.75) is 21.6 Å². The number of benzene rings is 8. The van der Waals surface area contributed by atoms with Crippen LogP contribution < -0.4 is 14.2 Å². The summed E-state index contributed by atoms with van der Waals surface area (Å²) in [6, 6.07) is 18.6. The molecule has 8 aromatic carbocycles. The normalized spacial score (nSPS) is 11.8. The van der Waals surface area contributed by atoms with Crippen molar-refractivity contribution in [3.05, 3.63) is 218 Å². The molecule has 5 nitrogen and oxygen atoms in total. The minimum absolute atomic E-state index is 0.0435. The van der Waals surface area contributed by atoms with Crippen molar-refractivity contribution in [2.24, 2.45) is 0 Å². The second-order valence-electron chi connectivity index (χ2n) is 15.3. The number of carbonyl (C=O) groups excluding carboxylic acids is 1. The Morgan fingerprint density at radius 1 is 0.329 bits per heavy atom. The molecule has 0 saturated carbocycles. The van der Waals surface area contributed by atoms with Gasteiger partial charge in [-0.3, -0.25) is 0 Å². The molecule has 0 atom stereocenters. The van der Waals surface area contributed by atoms with Crippen LogP contribution in [-0.2, 0) is 4.18 Å². The van der Waals surface area contributed by atoms with E-state index in [9.17, 15) is 43.9 Å². The van der Waals surface area contributed by atoms with Crippen molar-refractivity contribution in [1.82, 2.24) is 0 Å². The Hall–Kier alpha value is -8.42. The van der Waals surface area contributed by atoms with E-state index >= 15 is 48.7 Å². The molecule has 0 heterocycles. The highest BCUT2D eigenvalue weighted by atomic mass is 32.3. The lowest BCUT2D eigenvalue weighted by molar-refractivity contribution is 0.0757. The molecule has 8 rings (SSSR count). The van der Waals surface area contributed by atoms with Gasteiger partial charge in [0.1, 0.15) is 0 Å². The predicted molar refractivity (Wildman–Crippen MR) is 222 cm³/mol. The first-order chi connectivity index (χ1) is 35.9. The molecule has 26 heteroatoms. The largest absolute Gasteiger partial charge is 0.447 e. The van der Waals surface area contributed by atoms with Gasteiger partial charge in [-0.15, -0.1) is 0 Å². The monoisotopic (exact) mass is 1110 g/mol. The molecule has 0 unspecified atom stereocenters. The van der Waals surface area contributed by atoms with Crippen LogP contribution in [0.1, 0.15) is 15.9 Å². The molecule has 0 radical (unpaired) electrons. The van der Waals surface area contributed by atoms with Crippen molar-refractivity contribution in [3.63, 3.8) is 0 Å². The molecule has 0 fully saturated rings. The van der Waals surface area contributed by atoms with Gasteiger partial charge in [-0.25, -0.2) is 66.3 Å². The van der Waals surface area contributed by atoms with E-state index < -0.39 is 184 Å². The van der Waals surface area contributed by atoms with Crippen LogP contribution in [0.2, 0.25) is 0 Å². The first kappa shape index (κ1) is 53.9. The Balaban J connectivity index is 1.63. The Bertz CT molecular complexity index is 3560. The second-order valence-corrected chi connectivity index (χ2v) is 18.0. The molecule has 394 valence electrons. The number of hydrogen-bond donors (Lipinski definition) is 0. The third-order valence-corrected chi connectivity index (χ3v) is 13.9. The molecule has 8 aromatic rings. The minimum Gasteiger partial charge on any atom is -0.447 e. The second kappa shape index (κ2) is 20.4. The minimum atomic E-state index is -3.93. The van der Waals surface area contributed by atoms with Gasteiger partial charge in [0.2, 0.25) is 116 Å². The van der Waals surface area contributed by atoms with Crippen LogP contribution in [0.25, 0.3) is 11.1 Å². The summed E-state index contributed by atoms with van der Waals surface area (Å²) in [6.07, 6.45) is 0. The van der Waals surface area contributed by atoms with E-state index in [1.165, 1.54) is 91.9 Å². The van der Waals surface area contributed by atoms with E-state index in [0.29, 0.717) is 5.56 Å². The highest BCUT2D eigenvalue weighted by molar-refractivity contribution is 8.30. The first-order valence-corrected chi connectivity index (χ1v) is 22.0. The topological polar surface area (TPSA) is 54.0 Å². The summed E-state index contributed by atoms with van der Waals surface area (Å²) in [6.45, 7) is 1.50. The van der Waals surface area contributed by atoms with Gasteiger partial charge in [-0.2, -0.15) is 26.3 Å². The van der Waals surface area contributed by atoms with Gasteiger partial charge >= 0.3 is 5.97 Å². The van der Waals surface area contributed by atoms with Gasteiger partial charge in [0.25, 0.3) is 0 Å². The number of ether oxygens (including phenoxy) is 3. The lowest BCUT2D eigenvalue weighted by Crippen LogP contribution is -2.17. The summed E-state index contributed by atoms with van der Waals surface area (Å²) in [5.41, 5.74) is -6.74. The zero-order valence-corrected chi connectivity index (χ0v) is 37.5. The van der Waals surface area contributed by atoms with E-state index in [2.05, 4.69) is 0 Å². The van der Waals surface area contributed by atoms with Crippen molar-refractivity contribution >= 4 is 16.3 Å². The molecule has 0 N–H and O–H groups in total. The summed E-state index contributed by atoms with van der Waals surface area (Å²) in [7, 11) is -3.93. The third-order valence-electron chi connectivity index (χ3n) is 10.7. The molecular weight excluding hydrogens is 1090 g/mol. The quantitative estimate of drug-likeness (QED) is 0.0693. The highest BCUT2D eigenvalue weighted by Gasteiger charge is 2.43. The Labute approximate surface area is 412 Å². The molecule has 76 heavy (non-hydrogen) atoms. The molecule has 0 aliphatic rings. The number of aryl methyl sites for hydroxylation is 1. The maximum atomic E-state index is 16.5. The van der Waals surface area contributed by atoms with Gasteiger partial charge in [-0.05, 0) is 59.2 Å². The number of carbonyl (C=O) groups is 1. The van der Waals surface area contributed by atoms with Crippen LogP contribution in [0.15, 0.2) is 106 Å². The van der Waals surface area contributed by atoms with Crippen molar-refractivity contribution in [1.29, 1.82) is 0 Å². The summed E-state index contributed by atoms with van der Waals surface area (Å²) < 4.78 is 325.